The number of nitrogens with one attached hydrogen (secondary N) is 1. The molecule has 0 fully saturated rings. The summed E-state index contributed by atoms with van der Waals surface area (Å²) in [4.78, 5) is 11.6. The third-order valence-corrected chi connectivity index (χ3v) is 2.74. The fraction of sp³-hybridized carbons (Fsp3) is 0.300. The molecule has 0 aromatic heterocycles. The molecule has 14 heavy (non-hydrogen) atoms. The first-order chi connectivity index (χ1) is 6.65. The quantitative estimate of drug-likeness (QED) is 0.827. The maximum Gasteiger partial charge on any atom is 0.252 e. The number of hydrogen-bond acceptors (Lipinski definition) is 2. The highest BCUT2D eigenvalue weighted by Crippen LogP contribution is 2.13. The van der Waals surface area contributed by atoms with Crippen molar-refractivity contribution in [3.8, 4) is 0 Å². The second kappa shape index (κ2) is 5.31. The predicted octanol–water partition coefficient (Wildman–Crippen LogP) is 1.29. The van der Waals surface area contributed by atoms with Crippen molar-refractivity contribution in [2.24, 2.45) is 5.73 Å². The molecule has 0 heterocycles. The monoisotopic (exact) mass is 304 g/mol. The van der Waals surface area contributed by atoms with Crippen molar-refractivity contribution >= 4 is 28.5 Å². The summed E-state index contributed by atoms with van der Waals surface area (Å²) in [5, 5.41) is 2.75. The van der Waals surface area contributed by atoms with Crippen LogP contribution in [0.25, 0.3) is 0 Å². The van der Waals surface area contributed by atoms with Gasteiger partial charge in [0.1, 0.15) is 0 Å². The normalized spacial score (nSPS) is 9.93. The summed E-state index contributed by atoms with van der Waals surface area (Å²) in [6, 6.07) is 5.81. The molecule has 0 spiro atoms. The number of halogens is 1. The number of carbonyl (C=O) groups is 1. The smallest absolute Gasteiger partial charge is 0.252 e. The van der Waals surface area contributed by atoms with E-state index in [1.54, 1.807) is 0 Å². The van der Waals surface area contributed by atoms with Crippen LogP contribution in [0.5, 0.6) is 0 Å². The molecule has 4 heteroatoms. The van der Waals surface area contributed by atoms with E-state index in [0.717, 1.165) is 14.7 Å². The van der Waals surface area contributed by atoms with E-state index in [0.29, 0.717) is 13.1 Å². The van der Waals surface area contributed by atoms with Gasteiger partial charge in [-0.2, -0.15) is 0 Å². The minimum absolute atomic E-state index is 0.0523. The Morgan fingerprint density at radius 1 is 1.57 bits per heavy atom. The summed E-state index contributed by atoms with van der Waals surface area (Å²) >= 11 is 2.15. The molecule has 0 aliphatic carbocycles. The second-order valence-electron chi connectivity index (χ2n) is 3.03. The zero-order valence-corrected chi connectivity index (χ0v) is 10.2. The first-order valence-corrected chi connectivity index (χ1v) is 5.47. The van der Waals surface area contributed by atoms with Crippen LogP contribution in [0.3, 0.4) is 0 Å². The molecule has 0 saturated carbocycles. The highest BCUT2D eigenvalue weighted by Gasteiger charge is 2.08. The predicted molar refractivity (Wildman–Crippen MR) is 65.3 cm³/mol. The highest BCUT2D eigenvalue weighted by molar-refractivity contribution is 14.1. The van der Waals surface area contributed by atoms with Crippen molar-refractivity contribution in [3.05, 3.63) is 32.9 Å². The van der Waals surface area contributed by atoms with Crippen LogP contribution < -0.4 is 11.1 Å². The Morgan fingerprint density at radius 3 is 2.93 bits per heavy atom. The lowest BCUT2D eigenvalue weighted by molar-refractivity contribution is 0.0954. The van der Waals surface area contributed by atoms with E-state index in [4.69, 9.17) is 5.73 Å². The molecular formula is C10H13IN2O. The molecule has 0 atom stereocenters. The molecular weight excluding hydrogens is 291 g/mol. The van der Waals surface area contributed by atoms with Crippen molar-refractivity contribution < 1.29 is 4.79 Å². The fourth-order valence-corrected chi connectivity index (χ4v) is 1.67. The fourth-order valence-electron chi connectivity index (χ4n) is 1.09. The van der Waals surface area contributed by atoms with Gasteiger partial charge in [-0.3, -0.25) is 4.79 Å². The molecule has 1 rings (SSSR count). The molecule has 76 valence electrons. The van der Waals surface area contributed by atoms with E-state index >= 15 is 0 Å². The molecule has 0 bridgehead atoms. The Kier molecular flexibility index (Phi) is 4.34. The van der Waals surface area contributed by atoms with Crippen LogP contribution in [-0.2, 0) is 0 Å². The number of hydrogen-bond donors (Lipinski definition) is 2. The molecule has 1 amide bonds. The first kappa shape index (κ1) is 11.5. The van der Waals surface area contributed by atoms with Gasteiger partial charge in [0.15, 0.2) is 0 Å². The number of carbonyl (C=O) groups excluding carboxylic acids is 1. The van der Waals surface area contributed by atoms with Gasteiger partial charge < -0.3 is 11.1 Å². The van der Waals surface area contributed by atoms with Crippen LogP contribution in [0.1, 0.15) is 15.9 Å². The molecule has 0 aliphatic rings. The highest BCUT2D eigenvalue weighted by atomic mass is 127. The Morgan fingerprint density at radius 2 is 2.29 bits per heavy atom. The topological polar surface area (TPSA) is 55.1 Å². The van der Waals surface area contributed by atoms with Crippen molar-refractivity contribution in [1.82, 2.24) is 5.32 Å². The van der Waals surface area contributed by atoms with E-state index in [2.05, 4.69) is 27.9 Å². The summed E-state index contributed by atoms with van der Waals surface area (Å²) in [6.45, 7) is 2.95. The van der Waals surface area contributed by atoms with E-state index in [1.165, 1.54) is 0 Å². The van der Waals surface area contributed by atoms with Gasteiger partial charge in [-0.25, -0.2) is 0 Å². The van der Waals surface area contributed by atoms with E-state index in [1.807, 2.05) is 25.1 Å². The van der Waals surface area contributed by atoms with Gasteiger partial charge in [0.25, 0.3) is 5.91 Å². The van der Waals surface area contributed by atoms with E-state index in [-0.39, 0.29) is 5.91 Å². The van der Waals surface area contributed by atoms with Gasteiger partial charge >= 0.3 is 0 Å². The molecule has 0 saturated heterocycles. The van der Waals surface area contributed by atoms with Crippen molar-refractivity contribution in [3.63, 3.8) is 0 Å². The zero-order valence-electron chi connectivity index (χ0n) is 8.01. The molecule has 3 N–H and O–H groups in total. The SMILES string of the molecule is Cc1ccc(I)c(C(=O)NCCN)c1. The van der Waals surface area contributed by atoms with E-state index < -0.39 is 0 Å². The first-order valence-electron chi connectivity index (χ1n) is 4.39. The van der Waals surface area contributed by atoms with Gasteiger partial charge in [0.05, 0.1) is 5.56 Å². The molecule has 3 nitrogen and oxygen atoms in total. The average molecular weight is 304 g/mol. The van der Waals surface area contributed by atoms with Gasteiger partial charge in [0.2, 0.25) is 0 Å². The Balaban J connectivity index is 2.83. The van der Waals surface area contributed by atoms with Crippen LogP contribution in [0.15, 0.2) is 18.2 Å². The molecule has 0 radical (unpaired) electrons. The van der Waals surface area contributed by atoms with E-state index in [9.17, 15) is 4.79 Å². The molecule has 1 aromatic carbocycles. The molecule has 0 unspecified atom stereocenters. The standard InChI is InChI=1S/C10H13IN2O/c1-7-2-3-9(11)8(6-7)10(14)13-5-4-12/h2-3,6H,4-5,12H2,1H3,(H,13,14). The van der Waals surface area contributed by atoms with Crippen LogP contribution in [0, 0.1) is 10.5 Å². The van der Waals surface area contributed by atoms with Gasteiger partial charge in [-0.1, -0.05) is 11.6 Å². The molecule has 1 aromatic rings. The van der Waals surface area contributed by atoms with Crippen LogP contribution >= 0.6 is 22.6 Å². The second-order valence-corrected chi connectivity index (χ2v) is 4.19. The number of benzene rings is 1. The maximum atomic E-state index is 11.6. The Labute approximate surface area is 97.2 Å². The van der Waals surface area contributed by atoms with Crippen LogP contribution in [-0.4, -0.2) is 19.0 Å². The zero-order chi connectivity index (χ0) is 10.6. The summed E-state index contributed by atoms with van der Waals surface area (Å²) in [6.07, 6.45) is 0. The Bertz CT molecular complexity index is 339. The largest absolute Gasteiger partial charge is 0.351 e. The Hall–Kier alpha value is -0.620. The van der Waals surface area contributed by atoms with Crippen molar-refractivity contribution in [2.75, 3.05) is 13.1 Å². The molecule has 0 aliphatic heterocycles. The van der Waals surface area contributed by atoms with Crippen molar-refractivity contribution in [2.45, 2.75) is 6.92 Å². The minimum Gasteiger partial charge on any atom is -0.351 e. The van der Waals surface area contributed by atoms with Crippen LogP contribution in [0.2, 0.25) is 0 Å². The average Bonchev–Trinajstić information content (AvgIpc) is 2.18. The minimum atomic E-state index is -0.0523. The summed E-state index contributed by atoms with van der Waals surface area (Å²) < 4.78 is 0.961. The summed E-state index contributed by atoms with van der Waals surface area (Å²) in [7, 11) is 0. The lowest BCUT2D eigenvalue weighted by atomic mass is 10.1. The number of amides is 1. The summed E-state index contributed by atoms with van der Waals surface area (Å²) in [5.74, 6) is -0.0523. The lowest BCUT2D eigenvalue weighted by Gasteiger charge is -2.06. The van der Waals surface area contributed by atoms with Crippen LogP contribution in [0.4, 0.5) is 0 Å². The number of rotatable bonds is 3. The number of nitrogens with two attached hydrogens (primary N) is 1. The van der Waals surface area contributed by atoms with Gasteiger partial charge in [-0.15, -0.1) is 0 Å². The maximum absolute atomic E-state index is 11.6. The van der Waals surface area contributed by atoms with Crippen molar-refractivity contribution in [1.29, 1.82) is 0 Å². The lowest BCUT2D eigenvalue weighted by Crippen LogP contribution is -2.29. The third kappa shape index (κ3) is 2.95. The van der Waals surface area contributed by atoms with Gasteiger partial charge in [0, 0.05) is 16.7 Å². The summed E-state index contributed by atoms with van der Waals surface area (Å²) in [5.41, 5.74) is 7.11. The van der Waals surface area contributed by atoms with Gasteiger partial charge in [-0.05, 0) is 41.6 Å². The number of aryl methyl sites for hydroxylation is 1. The third-order valence-electron chi connectivity index (χ3n) is 1.80.